The van der Waals surface area contributed by atoms with Gasteiger partial charge in [-0.3, -0.25) is 4.90 Å². The van der Waals surface area contributed by atoms with Gasteiger partial charge < -0.3 is 15.2 Å². The fourth-order valence-electron chi connectivity index (χ4n) is 2.14. The maximum Gasteiger partial charge on any atom is 0.332 e. The zero-order valence-electron chi connectivity index (χ0n) is 11.6. The van der Waals surface area contributed by atoms with Crippen LogP contribution in [0.15, 0.2) is 24.3 Å². The van der Waals surface area contributed by atoms with Crippen LogP contribution in [0.3, 0.4) is 0 Å². The molecule has 0 spiro atoms. The molecular weight excluding hydrogens is 279 g/mol. The van der Waals surface area contributed by atoms with Crippen LogP contribution in [-0.4, -0.2) is 42.9 Å². The molecule has 2 N–H and O–H groups in total. The second-order valence-corrected chi connectivity index (χ2v) is 4.88. The van der Waals surface area contributed by atoms with Gasteiger partial charge in [0.2, 0.25) is 0 Å². The highest BCUT2D eigenvalue weighted by Gasteiger charge is 2.30. The highest BCUT2D eigenvalue weighted by atomic mass is 19.1. The van der Waals surface area contributed by atoms with Crippen molar-refractivity contribution in [3.8, 4) is 0 Å². The fraction of sp³-hybridized carbons (Fsp3) is 0.429. The summed E-state index contributed by atoms with van der Waals surface area (Å²) in [5.74, 6) is -1.35. The molecular formula is C14H17FN2O4. The molecule has 21 heavy (non-hydrogen) atoms. The first kappa shape index (κ1) is 15.2. The van der Waals surface area contributed by atoms with Crippen LogP contribution in [0.4, 0.5) is 14.9 Å². The molecule has 1 aromatic rings. The standard InChI is InChI=1S/C14H17FN2O4/c1-17(10-4-2-9(15)3-5-10)14(20)16-8-11-6-7-12(21-11)13(18)19/h2-5,11-12H,6-8H2,1H3,(H,16,20)(H,18,19). The van der Waals surface area contributed by atoms with Crippen molar-refractivity contribution in [2.75, 3.05) is 18.5 Å². The molecule has 1 aromatic carbocycles. The van der Waals surface area contributed by atoms with Crippen LogP contribution < -0.4 is 10.2 Å². The summed E-state index contributed by atoms with van der Waals surface area (Å²) in [6.07, 6.45) is -0.0420. The molecule has 6 nitrogen and oxygen atoms in total. The summed E-state index contributed by atoms with van der Waals surface area (Å²) in [7, 11) is 1.57. The first-order valence-electron chi connectivity index (χ1n) is 6.63. The SMILES string of the molecule is CN(C(=O)NCC1CCC(C(=O)O)O1)c1ccc(F)cc1. The van der Waals surface area contributed by atoms with Crippen molar-refractivity contribution in [3.63, 3.8) is 0 Å². The molecule has 0 radical (unpaired) electrons. The Balaban J connectivity index is 1.82. The Labute approximate surface area is 121 Å². The van der Waals surface area contributed by atoms with E-state index in [0.29, 0.717) is 18.5 Å². The third kappa shape index (κ3) is 3.91. The Morgan fingerprint density at radius 1 is 1.38 bits per heavy atom. The number of hydrogen-bond donors (Lipinski definition) is 2. The molecule has 1 fully saturated rings. The number of rotatable bonds is 4. The summed E-state index contributed by atoms with van der Waals surface area (Å²) in [5.41, 5.74) is 0.560. The second-order valence-electron chi connectivity index (χ2n) is 4.88. The minimum Gasteiger partial charge on any atom is -0.479 e. The van der Waals surface area contributed by atoms with E-state index in [4.69, 9.17) is 9.84 Å². The Morgan fingerprint density at radius 3 is 2.62 bits per heavy atom. The molecule has 1 aliphatic rings. The van der Waals surface area contributed by atoms with E-state index < -0.39 is 12.1 Å². The number of carbonyl (C=O) groups is 2. The van der Waals surface area contributed by atoms with E-state index >= 15 is 0 Å². The molecule has 0 bridgehead atoms. The topological polar surface area (TPSA) is 78.9 Å². The van der Waals surface area contributed by atoms with E-state index in [2.05, 4.69) is 5.32 Å². The van der Waals surface area contributed by atoms with Crippen molar-refractivity contribution in [2.24, 2.45) is 0 Å². The number of carboxylic acids is 1. The normalized spacial score (nSPS) is 21.0. The van der Waals surface area contributed by atoms with Gasteiger partial charge in [-0.2, -0.15) is 0 Å². The van der Waals surface area contributed by atoms with Gasteiger partial charge in [0.1, 0.15) is 5.82 Å². The number of nitrogens with zero attached hydrogens (tertiary/aromatic N) is 1. The summed E-state index contributed by atoms with van der Waals surface area (Å²) in [6.45, 7) is 0.244. The third-order valence-corrected chi connectivity index (χ3v) is 3.38. The highest BCUT2D eigenvalue weighted by Crippen LogP contribution is 2.19. The number of anilines is 1. The van der Waals surface area contributed by atoms with Crippen LogP contribution in [0.1, 0.15) is 12.8 Å². The van der Waals surface area contributed by atoms with Crippen LogP contribution >= 0.6 is 0 Å². The van der Waals surface area contributed by atoms with E-state index in [-0.39, 0.29) is 24.5 Å². The second kappa shape index (κ2) is 6.53. The van der Waals surface area contributed by atoms with Crippen molar-refractivity contribution in [1.82, 2.24) is 5.32 Å². The molecule has 114 valence electrons. The van der Waals surface area contributed by atoms with Crippen LogP contribution in [0, 0.1) is 5.82 Å². The summed E-state index contributed by atoms with van der Waals surface area (Å²) in [5, 5.41) is 11.5. The predicted molar refractivity (Wildman–Crippen MR) is 73.7 cm³/mol. The number of halogens is 1. The number of carboxylic acid groups (broad SMARTS) is 1. The molecule has 1 aliphatic heterocycles. The molecule has 2 rings (SSSR count). The molecule has 2 unspecified atom stereocenters. The minimum absolute atomic E-state index is 0.244. The number of nitrogens with one attached hydrogen (secondary N) is 1. The van der Waals surface area contributed by atoms with Gasteiger partial charge in [-0.25, -0.2) is 14.0 Å². The lowest BCUT2D eigenvalue weighted by Gasteiger charge is -2.19. The van der Waals surface area contributed by atoms with Gasteiger partial charge in [0.25, 0.3) is 0 Å². The quantitative estimate of drug-likeness (QED) is 0.884. The third-order valence-electron chi connectivity index (χ3n) is 3.38. The number of hydrogen-bond acceptors (Lipinski definition) is 3. The lowest BCUT2D eigenvalue weighted by molar-refractivity contribution is -0.149. The minimum atomic E-state index is -0.979. The van der Waals surface area contributed by atoms with E-state index in [9.17, 15) is 14.0 Å². The van der Waals surface area contributed by atoms with Crippen molar-refractivity contribution in [3.05, 3.63) is 30.1 Å². The average Bonchev–Trinajstić information content (AvgIpc) is 2.94. The zero-order chi connectivity index (χ0) is 15.4. The van der Waals surface area contributed by atoms with Gasteiger partial charge in [0.15, 0.2) is 6.10 Å². The molecule has 2 amide bonds. The lowest BCUT2D eigenvalue weighted by atomic mass is 10.2. The molecule has 0 aromatic heterocycles. The number of aliphatic carboxylic acids is 1. The van der Waals surface area contributed by atoms with E-state index in [1.807, 2.05) is 0 Å². The molecule has 0 saturated carbocycles. The average molecular weight is 296 g/mol. The van der Waals surface area contributed by atoms with E-state index in [1.165, 1.54) is 29.2 Å². The van der Waals surface area contributed by atoms with Crippen molar-refractivity contribution in [1.29, 1.82) is 0 Å². The van der Waals surface area contributed by atoms with Gasteiger partial charge in [-0.1, -0.05) is 0 Å². The van der Waals surface area contributed by atoms with Crippen LogP contribution in [0.5, 0.6) is 0 Å². The maximum atomic E-state index is 12.8. The molecule has 2 atom stereocenters. The maximum absolute atomic E-state index is 12.8. The van der Waals surface area contributed by atoms with E-state index in [0.717, 1.165) is 0 Å². The zero-order valence-corrected chi connectivity index (χ0v) is 11.6. The Hall–Kier alpha value is -2.15. The Kier molecular flexibility index (Phi) is 4.74. The molecule has 0 aliphatic carbocycles. The Morgan fingerprint density at radius 2 is 2.05 bits per heavy atom. The van der Waals surface area contributed by atoms with Gasteiger partial charge in [0.05, 0.1) is 6.10 Å². The summed E-state index contributed by atoms with van der Waals surface area (Å²) in [6, 6.07) is 5.19. The fourth-order valence-corrected chi connectivity index (χ4v) is 2.14. The number of ether oxygens (including phenoxy) is 1. The number of carbonyl (C=O) groups excluding carboxylic acids is 1. The van der Waals surface area contributed by atoms with Crippen LogP contribution in [-0.2, 0) is 9.53 Å². The van der Waals surface area contributed by atoms with Gasteiger partial charge in [0, 0.05) is 19.3 Å². The van der Waals surface area contributed by atoms with Gasteiger partial charge in [-0.15, -0.1) is 0 Å². The molecule has 1 saturated heterocycles. The molecule has 1 heterocycles. The predicted octanol–water partition coefficient (Wildman–Crippen LogP) is 1.60. The van der Waals surface area contributed by atoms with Gasteiger partial charge >= 0.3 is 12.0 Å². The lowest BCUT2D eigenvalue weighted by Crippen LogP contribution is -2.41. The first-order chi connectivity index (χ1) is 9.97. The number of amides is 2. The van der Waals surface area contributed by atoms with Crippen molar-refractivity contribution < 1.29 is 23.8 Å². The summed E-state index contributed by atoms with van der Waals surface area (Å²) in [4.78, 5) is 24.1. The molecule has 7 heteroatoms. The summed E-state index contributed by atoms with van der Waals surface area (Å²) < 4.78 is 18.1. The van der Waals surface area contributed by atoms with E-state index in [1.54, 1.807) is 7.05 Å². The van der Waals surface area contributed by atoms with Crippen LogP contribution in [0.2, 0.25) is 0 Å². The number of urea groups is 1. The summed E-state index contributed by atoms with van der Waals surface area (Å²) >= 11 is 0. The monoisotopic (exact) mass is 296 g/mol. The van der Waals surface area contributed by atoms with Crippen LogP contribution in [0.25, 0.3) is 0 Å². The van der Waals surface area contributed by atoms with Crippen molar-refractivity contribution in [2.45, 2.75) is 25.0 Å². The first-order valence-corrected chi connectivity index (χ1v) is 6.63. The number of benzene rings is 1. The Bertz CT molecular complexity index is 520. The largest absolute Gasteiger partial charge is 0.479 e. The van der Waals surface area contributed by atoms with Gasteiger partial charge in [-0.05, 0) is 37.1 Å². The highest BCUT2D eigenvalue weighted by molar-refractivity contribution is 5.91. The smallest absolute Gasteiger partial charge is 0.332 e. The van der Waals surface area contributed by atoms with Crippen molar-refractivity contribution >= 4 is 17.7 Å².